The van der Waals surface area contributed by atoms with Crippen LogP contribution in [0.5, 0.6) is 0 Å². The standard InChI is InChI=1S/C19H24N6O.HI/c1-3-16-13-18(26-24-16)14-22-19(20-2)21-11-9-15-5-7-17(8-6-15)25-12-4-10-23-25;/h4-8,10,12-13H,3,9,11,14H2,1-2H3,(H2,20,21,22);1H. The SMILES string of the molecule is CCc1cc(CNC(=NC)NCCc2ccc(-n3cccn3)cc2)on1.I. The smallest absolute Gasteiger partial charge is 0.191 e. The van der Waals surface area contributed by atoms with Crippen molar-refractivity contribution in [1.29, 1.82) is 0 Å². The number of aryl methyl sites for hydroxylation is 1. The lowest BCUT2D eigenvalue weighted by Crippen LogP contribution is -2.37. The molecule has 8 heteroatoms. The number of rotatable bonds is 7. The molecule has 3 rings (SSSR count). The number of aromatic nitrogens is 3. The molecule has 0 spiro atoms. The van der Waals surface area contributed by atoms with E-state index in [-0.39, 0.29) is 24.0 Å². The number of nitrogens with zero attached hydrogens (tertiary/aromatic N) is 4. The average Bonchev–Trinajstić information content (AvgIpc) is 3.36. The van der Waals surface area contributed by atoms with E-state index in [2.05, 4.69) is 57.1 Å². The van der Waals surface area contributed by atoms with Gasteiger partial charge >= 0.3 is 0 Å². The topological polar surface area (TPSA) is 80.3 Å². The fraction of sp³-hybridized carbons (Fsp3) is 0.316. The molecule has 144 valence electrons. The molecule has 0 fully saturated rings. The van der Waals surface area contributed by atoms with E-state index in [1.54, 1.807) is 13.2 Å². The van der Waals surface area contributed by atoms with Gasteiger partial charge in [-0.3, -0.25) is 4.99 Å². The van der Waals surface area contributed by atoms with E-state index in [9.17, 15) is 0 Å². The second kappa shape index (κ2) is 10.7. The van der Waals surface area contributed by atoms with Crippen molar-refractivity contribution in [3.8, 4) is 5.69 Å². The fourth-order valence-electron chi connectivity index (χ4n) is 2.56. The Morgan fingerprint density at radius 3 is 2.67 bits per heavy atom. The molecule has 2 heterocycles. The van der Waals surface area contributed by atoms with Gasteiger partial charge in [-0.25, -0.2) is 4.68 Å². The van der Waals surface area contributed by atoms with E-state index >= 15 is 0 Å². The van der Waals surface area contributed by atoms with Crippen molar-refractivity contribution < 1.29 is 4.52 Å². The predicted molar refractivity (Wildman–Crippen MR) is 117 cm³/mol. The number of hydrogen-bond donors (Lipinski definition) is 2. The van der Waals surface area contributed by atoms with Crippen molar-refractivity contribution in [3.63, 3.8) is 0 Å². The monoisotopic (exact) mass is 480 g/mol. The Kier molecular flexibility index (Phi) is 8.31. The summed E-state index contributed by atoms with van der Waals surface area (Å²) in [6, 6.07) is 12.3. The first-order valence-corrected chi connectivity index (χ1v) is 8.76. The molecule has 0 saturated heterocycles. The van der Waals surface area contributed by atoms with E-state index in [0.29, 0.717) is 6.54 Å². The lowest BCUT2D eigenvalue weighted by atomic mass is 10.1. The molecule has 2 aromatic heterocycles. The molecule has 0 atom stereocenters. The van der Waals surface area contributed by atoms with Crippen molar-refractivity contribution in [3.05, 3.63) is 65.8 Å². The minimum absolute atomic E-state index is 0. The molecule has 0 amide bonds. The van der Waals surface area contributed by atoms with E-state index in [1.807, 2.05) is 23.0 Å². The number of halogens is 1. The third kappa shape index (κ3) is 6.09. The quantitative estimate of drug-likeness (QED) is 0.309. The van der Waals surface area contributed by atoms with Crippen LogP contribution in [0.4, 0.5) is 0 Å². The Labute approximate surface area is 176 Å². The third-order valence-electron chi connectivity index (χ3n) is 4.04. The van der Waals surface area contributed by atoms with Crippen molar-refractivity contribution in [2.75, 3.05) is 13.6 Å². The summed E-state index contributed by atoms with van der Waals surface area (Å²) in [7, 11) is 1.76. The third-order valence-corrected chi connectivity index (χ3v) is 4.04. The summed E-state index contributed by atoms with van der Waals surface area (Å²) >= 11 is 0. The first-order chi connectivity index (χ1) is 12.8. The fourth-order valence-corrected chi connectivity index (χ4v) is 2.56. The van der Waals surface area contributed by atoms with E-state index in [0.717, 1.165) is 42.5 Å². The van der Waals surface area contributed by atoms with Gasteiger partial charge in [-0.05, 0) is 36.6 Å². The highest BCUT2D eigenvalue weighted by Crippen LogP contribution is 2.09. The highest BCUT2D eigenvalue weighted by Gasteiger charge is 2.04. The highest BCUT2D eigenvalue weighted by atomic mass is 127. The molecule has 3 aromatic rings. The summed E-state index contributed by atoms with van der Waals surface area (Å²) in [5, 5.41) is 14.8. The molecule has 0 saturated carbocycles. The summed E-state index contributed by atoms with van der Waals surface area (Å²) in [4.78, 5) is 4.23. The van der Waals surface area contributed by atoms with Crippen LogP contribution in [0.25, 0.3) is 5.69 Å². The number of benzene rings is 1. The maximum atomic E-state index is 5.26. The second-order valence-electron chi connectivity index (χ2n) is 5.86. The lowest BCUT2D eigenvalue weighted by molar-refractivity contribution is 0.374. The Bertz CT molecular complexity index is 826. The molecular formula is C19H25IN6O. The number of hydrogen-bond acceptors (Lipinski definition) is 4. The summed E-state index contributed by atoms with van der Waals surface area (Å²) in [5.41, 5.74) is 3.28. The zero-order chi connectivity index (χ0) is 18.2. The normalized spacial score (nSPS) is 11.1. The van der Waals surface area contributed by atoms with Crippen LogP contribution < -0.4 is 10.6 Å². The van der Waals surface area contributed by atoms with Crippen molar-refractivity contribution >= 4 is 29.9 Å². The van der Waals surface area contributed by atoms with Crippen LogP contribution in [-0.2, 0) is 19.4 Å². The zero-order valence-corrected chi connectivity index (χ0v) is 17.9. The number of guanidine groups is 1. The van der Waals surface area contributed by atoms with Gasteiger partial charge < -0.3 is 15.2 Å². The van der Waals surface area contributed by atoms with Crippen LogP contribution in [-0.4, -0.2) is 34.5 Å². The second-order valence-corrected chi connectivity index (χ2v) is 5.86. The summed E-state index contributed by atoms with van der Waals surface area (Å²) in [5.74, 6) is 1.55. The first kappa shape index (κ1) is 20.9. The van der Waals surface area contributed by atoms with Gasteiger partial charge in [0.15, 0.2) is 11.7 Å². The molecule has 2 N–H and O–H groups in total. The largest absolute Gasteiger partial charge is 0.359 e. The molecule has 0 aliphatic carbocycles. The van der Waals surface area contributed by atoms with Crippen LogP contribution in [0.2, 0.25) is 0 Å². The molecule has 0 aliphatic heterocycles. The summed E-state index contributed by atoms with van der Waals surface area (Å²) < 4.78 is 7.11. The van der Waals surface area contributed by atoms with Gasteiger partial charge in [0.2, 0.25) is 0 Å². The van der Waals surface area contributed by atoms with Gasteiger partial charge in [0, 0.05) is 32.1 Å². The molecule has 27 heavy (non-hydrogen) atoms. The maximum absolute atomic E-state index is 5.26. The first-order valence-electron chi connectivity index (χ1n) is 8.76. The molecular weight excluding hydrogens is 455 g/mol. The van der Waals surface area contributed by atoms with Crippen LogP contribution in [0.3, 0.4) is 0 Å². The minimum atomic E-state index is 0. The Balaban J connectivity index is 0.00000261. The van der Waals surface area contributed by atoms with Gasteiger partial charge in [0.25, 0.3) is 0 Å². The van der Waals surface area contributed by atoms with Gasteiger partial charge in [-0.1, -0.05) is 24.2 Å². The average molecular weight is 480 g/mol. The van der Waals surface area contributed by atoms with Crippen molar-refractivity contribution in [2.45, 2.75) is 26.3 Å². The van der Waals surface area contributed by atoms with Crippen LogP contribution in [0, 0.1) is 0 Å². The van der Waals surface area contributed by atoms with Crippen LogP contribution >= 0.6 is 24.0 Å². The van der Waals surface area contributed by atoms with Crippen LogP contribution in [0.15, 0.2) is 58.3 Å². The summed E-state index contributed by atoms with van der Waals surface area (Å²) in [6.45, 7) is 3.40. The highest BCUT2D eigenvalue weighted by molar-refractivity contribution is 14.0. The number of nitrogens with one attached hydrogen (secondary N) is 2. The van der Waals surface area contributed by atoms with Crippen LogP contribution in [0.1, 0.15) is 23.9 Å². The predicted octanol–water partition coefficient (Wildman–Crippen LogP) is 2.95. The lowest BCUT2D eigenvalue weighted by Gasteiger charge is -2.11. The molecule has 7 nitrogen and oxygen atoms in total. The Morgan fingerprint density at radius 1 is 1.22 bits per heavy atom. The van der Waals surface area contributed by atoms with E-state index in [4.69, 9.17) is 4.52 Å². The Morgan fingerprint density at radius 2 is 2.04 bits per heavy atom. The van der Waals surface area contributed by atoms with E-state index in [1.165, 1.54) is 5.56 Å². The molecule has 0 bridgehead atoms. The maximum Gasteiger partial charge on any atom is 0.191 e. The zero-order valence-electron chi connectivity index (χ0n) is 15.6. The molecule has 0 unspecified atom stereocenters. The number of aliphatic imine (C=N–C) groups is 1. The Hall–Kier alpha value is -2.36. The van der Waals surface area contributed by atoms with Crippen molar-refractivity contribution in [2.24, 2.45) is 4.99 Å². The van der Waals surface area contributed by atoms with Gasteiger partial charge in [0.1, 0.15) is 0 Å². The van der Waals surface area contributed by atoms with Gasteiger partial charge in [-0.2, -0.15) is 5.10 Å². The molecule has 1 aromatic carbocycles. The minimum Gasteiger partial charge on any atom is -0.359 e. The molecule has 0 radical (unpaired) electrons. The molecule has 0 aliphatic rings. The summed E-state index contributed by atoms with van der Waals surface area (Å²) in [6.07, 6.45) is 5.49. The van der Waals surface area contributed by atoms with Gasteiger partial charge in [-0.15, -0.1) is 24.0 Å². The van der Waals surface area contributed by atoms with Gasteiger partial charge in [0.05, 0.1) is 17.9 Å². The van der Waals surface area contributed by atoms with Crippen molar-refractivity contribution in [1.82, 2.24) is 25.6 Å². The van der Waals surface area contributed by atoms with E-state index < -0.39 is 0 Å².